The van der Waals surface area contributed by atoms with Crippen molar-refractivity contribution in [2.45, 2.75) is 38.0 Å². The van der Waals surface area contributed by atoms with Gasteiger partial charge in [0, 0.05) is 24.6 Å². The highest BCUT2D eigenvalue weighted by Crippen LogP contribution is 2.25. The normalized spacial score (nSPS) is 21.6. The summed E-state index contributed by atoms with van der Waals surface area (Å²) in [6, 6.07) is 12.2. The summed E-state index contributed by atoms with van der Waals surface area (Å²) in [6.45, 7) is 2.06. The molecule has 5 nitrogen and oxygen atoms in total. The second kappa shape index (κ2) is 7.42. The predicted octanol–water partition coefficient (Wildman–Crippen LogP) is 2.77. The Bertz CT molecular complexity index is 690. The number of amides is 1. The zero-order chi connectivity index (χ0) is 17.1. The molecule has 1 aromatic carbocycles. The van der Waals surface area contributed by atoms with Gasteiger partial charge < -0.3 is 18.9 Å². The van der Waals surface area contributed by atoms with E-state index in [9.17, 15) is 4.79 Å². The number of carbonyl (C=O) groups is 1. The highest BCUT2D eigenvalue weighted by molar-refractivity contribution is 5.79. The third-order valence-electron chi connectivity index (χ3n) is 5.03. The quantitative estimate of drug-likeness (QED) is 0.860. The van der Waals surface area contributed by atoms with Crippen LogP contribution in [0.15, 0.2) is 48.8 Å². The van der Waals surface area contributed by atoms with Gasteiger partial charge in [-0.25, -0.2) is 0 Å². The smallest absolute Gasteiger partial charge is 0.227 e. The van der Waals surface area contributed by atoms with Crippen LogP contribution in [0, 0.1) is 0 Å². The van der Waals surface area contributed by atoms with Crippen molar-refractivity contribution in [2.75, 3.05) is 19.8 Å². The van der Waals surface area contributed by atoms with Gasteiger partial charge in [-0.3, -0.25) is 4.79 Å². The van der Waals surface area contributed by atoms with Crippen LogP contribution in [0.1, 0.15) is 24.8 Å². The molecule has 4 rings (SSSR count). The van der Waals surface area contributed by atoms with Crippen molar-refractivity contribution in [1.29, 1.82) is 0 Å². The first-order valence-electron chi connectivity index (χ1n) is 9.06. The molecule has 2 saturated heterocycles. The molecule has 0 N–H and O–H groups in total. The number of nitrogens with zero attached hydrogens (tertiary/aromatic N) is 2. The molecule has 0 spiro atoms. The highest BCUT2D eigenvalue weighted by Gasteiger charge is 2.35. The number of rotatable bonds is 4. The maximum Gasteiger partial charge on any atom is 0.227 e. The lowest BCUT2D eigenvalue weighted by Crippen LogP contribution is -2.50. The van der Waals surface area contributed by atoms with Crippen molar-refractivity contribution >= 4 is 5.91 Å². The van der Waals surface area contributed by atoms with E-state index in [4.69, 9.17) is 9.47 Å². The summed E-state index contributed by atoms with van der Waals surface area (Å²) in [5, 5.41) is 0. The summed E-state index contributed by atoms with van der Waals surface area (Å²) in [5.74, 6) is 0.164. The number of ether oxygens (including phenoxy) is 2. The fraction of sp³-hybridized carbons (Fsp3) is 0.450. The number of likely N-dealkylation sites (tertiary alicyclic amines) is 1. The van der Waals surface area contributed by atoms with E-state index in [1.165, 1.54) is 0 Å². The van der Waals surface area contributed by atoms with Crippen LogP contribution in [0.5, 0.6) is 0 Å². The van der Waals surface area contributed by atoms with Crippen molar-refractivity contribution in [1.82, 2.24) is 9.47 Å². The molecule has 0 saturated carbocycles. The molecule has 1 atom stereocenters. The third kappa shape index (κ3) is 3.62. The van der Waals surface area contributed by atoms with Gasteiger partial charge in [0.25, 0.3) is 0 Å². The molecule has 0 bridgehead atoms. The Balaban J connectivity index is 1.43. The maximum absolute atomic E-state index is 12.9. The monoisotopic (exact) mass is 340 g/mol. The lowest BCUT2D eigenvalue weighted by Gasteiger charge is -2.38. The minimum absolute atomic E-state index is 0.0582. The molecule has 25 heavy (non-hydrogen) atoms. The first-order valence-corrected chi connectivity index (χ1v) is 9.06. The van der Waals surface area contributed by atoms with Gasteiger partial charge in [0.05, 0.1) is 25.7 Å². The van der Waals surface area contributed by atoms with E-state index in [1.807, 2.05) is 41.6 Å². The maximum atomic E-state index is 12.9. The van der Waals surface area contributed by atoms with E-state index in [0.29, 0.717) is 19.6 Å². The van der Waals surface area contributed by atoms with E-state index >= 15 is 0 Å². The second-order valence-electron chi connectivity index (χ2n) is 6.69. The molecule has 2 fully saturated rings. The van der Waals surface area contributed by atoms with Gasteiger partial charge in [-0.1, -0.05) is 12.1 Å². The van der Waals surface area contributed by atoms with Crippen LogP contribution >= 0.6 is 0 Å². The molecule has 0 radical (unpaired) electrons. The van der Waals surface area contributed by atoms with Crippen LogP contribution in [0.4, 0.5) is 0 Å². The van der Waals surface area contributed by atoms with E-state index in [-0.39, 0.29) is 18.2 Å². The Morgan fingerprint density at radius 3 is 2.48 bits per heavy atom. The molecule has 0 aliphatic carbocycles. The number of aromatic nitrogens is 1. The standard InChI is InChI=1S/C20H24N2O3/c23-19(22-12-2-1-5-18(22)20-24-13-14-25-20)15-16-6-8-17(9-7-16)21-10-3-4-11-21/h3-4,6-11,18,20H,1-2,5,12-15H2. The van der Waals surface area contributed by atoms with E-state index < -0.39 is 0 Å². The van der Waals surface area contributed by atoms with Crippen LogP contribution in [0.3, 0.4) is 0 Å². The zero-order valence-corrected chi connectivity index (χ0v) is 14.3. The summed E-state index contributed by atoms with van der Waals surface area (Å²) in [6.07, 6.45) is 7.35. The molecule has 2 aliphatic heterocycles. The van der Waals surface area contributed by atoms with Gasteiger partial charge in [0.15, 0.2) is 6.29 Å². The van der Waals surface area contributed by atoms with Crippen LogP contribution in [-0.2, 0) is 20.7 Å². The SMILES string of the molecule is O=C(Cc1ccc(-n2cccc2)cc1)N1CCCCC1C1OCCO1. The van der Waals surface area contributed by atoms with Gasteiger partial charge in [-0.05, 0) is 49.1 Å². The Morgan fingerprint density at radius 1 is 1.04 bits per heavy atom. The van der Waals surface area contributed by atoms with Crippen molar-refractivity contribution in [3.05, 3.63) is 54.4 Å². The zero-order valence-electron chi connectivity index (χ0n) is 14.3. The first-order chi connectivity index (χ1) is 12.3. The first kappa shape index (κ1) is 16.4. The summed E-state index contributed by atoms with van der Waals surface area (Å²) in [5.41, 5.74) is 2.14. The summed E-state index contributed by atoms with van der Waals surface area (Å²) < 4.78 is 13.4. The van der Waals surface area contributed by atoms with Crippen molar-refractivity contribution < 1.29 is 14.3 Å². The summed E-state index contributed by atoms with van der Waals surface area (Å²) >= 11 is 0. The van der Waals surface area contributed by atoms with Crippen LogP contribution < -0.4 is 0 Å². The topological polar surface area (TPSA) is 43.7 Å². The van der Waals surface area contributed by atoms with Crippen LogP contribution in [-0.4, -0.2) is 47.5 Å². The summed E-state index contributed by atoms with van der Waals surface area (Å²) in [4.78, 5) is 14.8. The number of hydrogen-bond donors (Lipinski definition) is 0. The van der Waals surface area contributed by atoms with Crippen molar-refractivity contribution in [3.63, 3.8) is 0 Å². The number of hydrogen-bond acceptors (Lipinski definition) is 3. The summed E-state index contributed by atoms with van der Waals surface area (Å²) in [7, 11) is 0. The minimum atomic E-state index is -0.250. The largest absolute Gasteiger partial charge is 0.348 e. The molecular weight excluding hydrogens is 316 g/mol. The fourth-order valence-corrected chi connectivity index (χ4v) is 3.72. The number of benzene rings is 1. The van der Waals surface area contributed by atoms with E-state index in [2.05, 4.69) is 16.7 Å². The predicted molar refractivity (Wildman–Crippen MR) is 94.5 cm³/mol. The Morgan fingerprint density at radius 2 is 1.76 bits per heavy atom. The van der Waals surface area contributed by atoms with E-state index in [1.54, 1.807) is 0 Å². The molecule has 5 heteroatoms. The molecule has 2 aromatic rings. The van der Waals surface area contributed by atoms with Crippen LogP contribution in [0.2, 0.25) is 0 Å². The average molecular weight is 340 g/mol. The lowest BCUT2D eigenvalue weighted by molar-refractivity contribution is -0.149. The number of piperidine rings is 1. The molecule has 132 valence electrons. The van der Waals surface area contributed by atoms with Crippen molar-refractivity contribution in [2.24, 2.45) is 0 Å². The third-order valence-corrected chi connectivity index (χ3v) is 5.03. The Kier molecular flexibility index (Phi) is 4.85. The molecule has 1 aromatic heterocycles. The molecule has 1 amide bonds. The van der Waals surface area contributed by atoms with Gasteiger partial charge in [-0.15, -0.1) is 0 Å². The van der Waals surface area contributed by atoms with Gasteiger partial charge >= 0.3 is 0 Å². The lowest BCUT2D eigenvalue weighted by atomic mass is 10.00. The van der Waals surface area contributed by atoms with Crippen LogP contribution in [0.25, 0.3) is 5.69 Å². The molecular formula is C20H24N2O3. The minimum Gasteiger partial charge on any atom is -0.348 e. The van der Waals surface area contributed by atoms with Gasteiger partial charge in [0.1, 0.15) is 0 Å². The van der Waals surface area contributed by atoms with Gasteiger partial charge in [-0.2, -0.15) is 0 Å². The highest BCUT2D eigenvalue weighted by atomic mass is 16.7. The molecule has 3 heterocycles. The van der Waals surface area contributed by atoms with Gasteiger partial charge in [0.2, 0.25) is 5.91 Å². The second-order valence-corrected chi connectivity index (χ2v) is 6.69. The average Bonchev–Trinajstić information content (AvgIpc) is 3.36. The van der Waals surface area contributed by atoms with E-state index in [0.717, 1.165) is 37.1 Å². The number of carbonyl (C=O) groups excluding carboxylic acids is 1. The fourth-order valence-electron chi connectivity index (χ4n) is 3.72. The van der Waals surface area contributed by atoms with Crippen molar-refractivity contribution in [3.8, 4) is 5.69 Å². The Hall–Kier alpha value is -2.11. The molecule has 1 unspecified atom stereocenters. The molecule has 2 aliphatic rings. The Labute approximate surface area is 148 Å².